The van der Waals surface area contributed by atoms with Crippen LogP contribution in [0.2, 0.25) is 4.34 Å². The summed E-state index contributed by atoms with van der Waals surface area (Å²) < 4.78 is 1.83. The van der Waals surface area contributed by atoms with Crippen molar-refractivity contribution < 1.29 is 12.4 Å². The molecular formula is C4H3CaCl2NOS. The summed E-state index contributed by atoms with van der Waals surface area (Å²) >= 11 is 6.59. The van der Waals surface area contributed by atoms with E-state index in [-0.39, 0.29) is 55.7 Å². The summed E-state index contributed by atoms with van der Waals surface area (Å²) in [6.07, 6.45) is 0. The van der Waals surface area contributed by atoms with Crippen LogP contribution >= 0.6 is 23.1 Å². The third-order valence-electron chi connectivity index (χ3n) is 0.708. The number of hydrogen-bond acceptors (Lipinski definition) is 2. The van der Waals surface area contributed by atoms with E-state index in [4.69, 9.17) is 11.6 Å². The second kappa shape index (κ2) is 5.86. The number of aryl methyl sites for hydroxylation is 1. The van der Waals surface area contributed by atoms with Crippen molar-refractivity contribution in [3.8, 4) is 0 Å². The molecule has 0 amide bonds. The van der Waals surface area contributed by atoms with Crippen molar-refractivity contribution >= 4 is 60.9 Å². The maximum Gasteiger partial charge on any atom is 2.00 e. The predicted octanol–water partition coefficient (Wildman–Crippen LogP) is -2.48. The Kier molecular flexibility index (Phi) is 8.11. The van der Waals surface area contributed by atoms with Crippen LogP contribution in [-0.4, -0.2) is 41.7 Å². The Bertz CT molecular complexity index is 246. The molecule has 52 valence electrons. The molecule has 6 heteroatoms. The van der Waals surface area contributed by atoms with Crippen LogP contribution in [0.25, 0.3) is 0 Å². The van der Waals surface area contributed by atoms with Crippen LogP contribution in [0.5, 0.6) is 0 Å². The first kappa shape index (κ1) is 13.8. The zero-order chi connectivity index (χ0) is 6.15. The minimum absolute atomic E-state index is 0. The Morgan fingerprint density at radius 1 is 1.70 bits per heavy atom. The maximum atomic E-state index is 10.5. The van der Waals surface area contributed by atoms with Crippen molar-refractivity contribution in [1.82, 2.24) is 3.96 Å². The molecule has 0 saturated heterocycles. The molecule has 0 bridgehead atoms. The van der Waals surface area contributed by atoms with Gasteiger partial charge in [0.1, 0.15) is 0 Å². The third-order valence-corrected chi connectivity index (χ3v) is 1.71. The Morgan fingerprint density at radius 2 is 2.20 bits per heavy atom. The standard InChI is InChI=1S/C4H3ClNOS.Ca.ClH/c1-6-4(7)2-3(5)8-6;;/h1H3;;1H/q-1;+2;/p-1. The molecule has 0 aromatic carbocycles. The van der Waals surface area contributed by atoms with Crippen molar-refractivity contribution in [1.29, 1.82) is 0 Å². The van der Waals surface area contributed by atoms with Gasteiger partial charge in [0.2, 0.25) is 0 Å². The minimum Gasteiger partial charge on any atom is -1.00 e. The van der Waals surface area contributed by atoms with E-state index in [0.29, 0.717) is 4.34 Å². The Hall–Kier alpha value is 1.27. The van der Waals surface area contributed by atoms with Gasteiger partial charge in [-0.05, 0) is 0 Å². The van der Waals surface area contributed by atoms with Gasteiger partial charge in [-0.1, -0.05) is 15.9 Å². The van der Waals surface area contributed by atoms with Crippen molar-refractivity contribution in [2.24, 2.45) is 7.05 Å². The number of halogens is 2. The van der Waals surface area contributed by atoms with Crippen molar-refractivity contribution in [2.75, 3.05) is 0 Å². The zero-order valence-corrected chi connectivity index (χ0v) is 9.76. The van der Waals surface area contributed by atoms with Crippen LogP contribution in [0.15, 0.2) is 4.79 Å². The van der Waals surface area contributed by atoms with E-state index in [0.717, 1.165) is 0 Å². The fourth-order valence-corrected chi connectivity index (χ4v) is 1.24. The molecule has 0 radical (unpaired) electrons. The molecule has 0 spiro atoms. The SMILES string of the molecule is Cn1sc(Cl)[c-]c1=O.[Ca+2].[Cl-]. The molecule has 0 unspecified atom stereocenters. The van der Waals surface area contributed by atoms with E-state index in [1.807, 2.05) is 0 Å². The van der Waals surface area contributed by atoms with Gasteiger partial charge in [0.25, 0.3) is 0 Å². The zero-order valence-electron chi connectivity index (χ0n) is 5.23. The second-order valence-corrected chi connectivity index (χ2v) is 3.03. The average molecular weight is 224 g/mol. The van der Waals surface area contributed by atoms with E-state index in [9.17, 15) is 4.79 Å². The number of aromatic nitrogens is 1. The minimum atomic E-state index is -0.167. The van der Waals surface area contributed by atoms with Gasteiger partial charge in [-0.15, -0.1) is 11.6 Å². The van der Waals surface area contributed by atoms with Gasteiger partial charge in [-0.25, -0.2) is 0 Å². The van der Waals surface area contributed by atoms with Crippen LogP contribution < -0.4 is 18.0 Å². The molecule has 0 fully saturated rings. The summed E-state index contributed by atoms with van der Waals surface area (Å²) in [5.74, 6) is 0. The molecule has 0 aliphatic carbocycles. The van der Waals surface area contributed by atoms with Gasteiger partial charge in [0.15, 0.2) is 0 Å². The summed E-state index contributed by atoms with van der Waals surface area (Å²) in [7, 11) is 1.65. The Balaban J connectivity index is 0. The first-order chi connectivity index (χ1) is 3.70. The van der Waals surface area contributed by atoms with Crippen LogP contribution in [-0.2, 0) is 7.05 Å². The van der Waals surface area contributed by atoms with Gasteiger partial charge in [-0.3, -0.25) is 3.96 Å². The number of rotatable bonds is 0. The Morgan fingerprint density at radius 3 is 2.30 bits per heavy atom. The Labute approximate surface area is 104 Å². The molecule has 1 aromatic heterocycles. The van der Waals surface area contributed by atoms with Crippen molar-refractivity contribution in [2.45, 2.75) is 0 Å². The first-order valence-corrected chi connectivity index (χ1v) is 3.10. The quantitative estimate of drug-likeness (QED) is 0.353. The third kappa shape index (κ3) is 3.60. The molecule has 0 aliphatic heterocycles. The van der Waals surface area contributed by atoms with Crippen LogP contribution in [0.4, 0.5) is 0 Å². The van der Waals surface area contributed by atoms with E-state index in [1.165, 1.54) is 15.5 Å². The topological polar surface area (TPSA) is 22.0 Å². The van der Waals surface area contributed by atoms with Gasteiger partial charge >= 0.3 is 37.7 Å². The molecule has 0 saturated carbocycles. The van der Waals surface area contributed by atoms with Crippen LogP contribution in [0.1, 0.15) is 0 Å². The summed E-state index contributed by atoms with van der Waals surface area (Å²) in [5.41, 5.74) is -0.167. The van der Waals surface area contributed by atoms with E-state index < -0.39 is 0 Å². The summed E-state index contributed by atoms with van der Waals surface area (Å²) in [6.45, 7) is 0. The van der Waals surface area contributed by atoms with Gasteiger partial charge in [-0.2, -0.15) is 0 Å². The predicted molar refractivity (Wildman–Crippen MR) is 39.2 cm³/mol. The van der Waals surface area contributed by atoms with Crippen molar-refractivity contribution in [3.05, 3.63) is 20.8 Å². The van der Waals surface area contributed by atoms with Gasteiger partial charge in [0, 0.05) is 7.05 Å². The molecule has 10 heavy (non-hydrogen) atoms. The molecule has 1 rings (SSSR count). The molecule has 0 atom stereocenters. The van der Waals surface area contributed by atoms with Gasteiger partial charge < -0.3 is 23.3 Å². The van der Waals surface area contributed by atoms with E-state index in [1.54, 1.807) is 7.05 Å². The monoisotopic (exact) mass is 223 g/mol. The van der Waals surface area contributed by atoms with Gasteiger partial charge in [0.05, 0.1) is 5.56 Å². The maximum absolute atomic E-state index is 10.5. The second-order valence-electron chi connectivity index (χ2n) is 1.29. The number of nitrogens with zero attached hydrogens (tertiary/aromatic N) is 1. The van der Waals surface area contributed by atoms with E-state index in [2.05, 4.69) is 6.07 Å². The van der Waals surface area contributed by atoms with E-state index >= 15 is 0 Å². The molecule has 2 nitrogen and oxygen atoms in total. The smallest absolute Gasteiger partial charge is 1.00 e. The molecule has 0 aliphatic rings. The largest absolute Gasteiger partial charge is 2.00 e. The molecule has 1 heterocycles. The van der Waals surface area contributed by atoms with Crippen LogP contribution in [0, 0.1) is 6.07 Å². The molecular weight excluding hydrogens is 221 g/mol. The first-order valence-electron chi connectivity index (χ1n) is 1.95. The number of hydrogen-bond donors (Lipinski definition) is 0. The van der Waals surface area contributed by atoms with Crippen LogP contribution in [0.3, 0.4) is 0 Å². The fourth-order valence-electron chi connectivity index (χ4n) is 0.347. The summed E-state index contributed by atoms with van der Waals surface area (Å²) in [4.78, 5) is 10.5. The fraction of sp³-hybridized carbons (Fsp3) is 0.250. The summed E-state index contributed by atoms with van der Waals surface area (Å²) in [6, 6.07) is 2.40. The average Bonchev–Trinajstić information content (AvgIpc) is 1.85. The van der Waals surface area contributed by atoms with Crippen molar-refractivity contribution in [3.63, 3.8) is 0 Å². The normalized spacial score (nSPS) is 7.80. The molecule has 1 aromatic rings. The molecule has 0 N–H and O–H groups in total. The summed E-state index contributed by atoms with van der Waals surface area (Å²) in [5, 5.41) is 0.